The van der Waals surface area contributed by atoms with Gasteiger partial charge in [0.05, 0.1) is 11.1 Å². The number of aromatic nitrogens is 1. The highest BCUT2D eigenvalue weighted by Crippen LogP contribution is 2.20. The van der Waals surface area contributed by atoms with Crippen LogP contribution >= 0.6 is 12.6 Å². The fourth-order valence-corrected chi connectivity index (χ4v) is 2.63. The molecule has 5 heteroatoms. The second kappa shape index (κ2) is 7.61. The number of hydrogen-bond donors (Lipinski definition) is 1. The van der Waals surface area contributed by atoms with Crippen molar-refractivity contribution in [2.45, 2.75) is 17.7 Å². The summed E-state index contributed by atoms with van der Waals surface area (Å²) in [5.74, 6) is 0.0174. The summed E-state index contributed by atoms with van der Waals surface area (Å²) in [6.45, 7) is 1.81. The van der Waals surface area contributed by atoms with E-state index in [1.54, 1.807) is 11.1 Å². The average Bonchev–Trinajstić information content (AvgIpc) is 2.50. The number of pyridine rings is 1. The number of carbonyl (C=O) groups is 1. The first kappa shape index (κ1) is 16.8. The van der Waals surface area contributed by atoms with Gasteiger partial charge in [-0.05, 0) is 45.6 Å². The number of hydrogen-bond acceptors (Lipinski definition) is 4. The first-order valence-corrected chi connectivity index (χ1v) is 7.91. The van der Waals surface area contributed by atoms with Crippen LogP contribution < -0.4 is 0 Å². The van der Waals surface area contributed by atoms with Crippen LogP contribution in [-0.2, 0) is 0 Å². The molecule has 0 atom stereocenters. The normalized spacial score (nSPS) is 11.1. The Morgan fingerprint density at radius 3 is 2.64 bits per heavy atom. The van der Waals surface area contributed by atoms with Crippen LogP contribution in [0.4, 0.5) is 0 Å². The second-order valence-corrected chi connectivity index (χ2v) is 6.29. The zero-order valence-electron chi connectivity index (χ0n) is 13.4. The predicted molar refractivity (Wildman–Crippen MR) is 93.7 cm³/mol. The Morgan fingerprint density at radius 2 is 1.91 bits per heavy atom. The molecule has 0 spiro atoms. The number of unbranched alkanes of at least 4 members (excludes halogenated alkanes) is 1. The number of nitrogens with zero attached hydrogens (tertiary/aromatic N) is 3. The Bertz CT molecular complexity index is 657. The van der Waals surface area contributed by atoms with Crippen molar-refractivity contribution in [1.29, 1.82) is 0 Å². The number of benzene rings is 1. The molecule has 22 heavy (non-hydrogen) atoms. The molecule has 4 nitrogen and oxygen atoms in total. The third-order valence-corrected chi connectivity index (χ3v) is 3.99. The third kappa shape index (κ3) is 4.21. The lowest BCUT2D eigenvalue weighted by Crippen LogP contribution is -2.28. The molecule has 0 saturated heterocycles. The SMILES string of the molecule is CN(C)CCCCN(C)C(=O)c1cnc2c(S)cccc2c1. The summed E-state index contributed by atoms with van der Waals surface area (Å²) in [5.41, 5.74) is 1.46. The largest absolute Gasteiger partial charge is 0.342 e. The molecule has 2 aromatic rings. The molecule has 0 unspecified atom stereocenters. The minimum Gasteiger partial charge on any atom is -0.342 e. The zero-order chi connectivity index (χ0) is 16.1. The van der Waals surface area contributed by atoms with E-state index in [4.69, 9.17) is 0 Å². The molecule has 0 aliphatic carbocycles. The van der Waals surface area contributed by atoms with Crippen LogP contribution in [-0.4, -0.2) is 54.9 Å². The van der Waals surface area contributed by atoms with E-state index >= 15 is 0 Å². The van der Waals surface area contributed by atoms with Crippen LogP contribution in [0.1, 0.15) is 23.2 Å². The van der Waals surface area contributed by atoms with Crippen molar-refractivity contribution in [2.24, 2.45) is 0 Å². The summed E-state index contributed by atoms with van der Waals surface area (Å²) in [4.78, 5) is 21.6. The molecular formula is C17H23N3OS. The van der Waals surface area contributed by atoms with Gasteiger partial charge in [0.15, 0.2) is 0 Å². The lowest BCUT2D eigenvalue weighted by Gasteiger charge is -2.18. The molecule has 0 aliphatic rings. The molecule has 118 valence electrons. The van der Waals surface area contributed by atoms with E-state index in [0.29, 0.717) is 5.56 Å². The van der Waals surface area contributed by atoms with Gasteiger partial charge in [0.2, 0.25) is 0 Å². The number of amides is 1. The van der Waals surface area contributed by atoms with Crippen molar-refractivity contribution in [3.05, 3.63) is 36.0 Å². The quantitative estimate of drug-likeness (QED) is 0.657. The standard InChI is InChI=1S/C17H23N3OS/c1-19(2)9-4-5-10-20(3)17(21)14-11-13-7-6-8-15(22)16(13)18-12-14/h6-8,11-12,22H,4-5,9-10H2,1-3H3. The first-order valence-electron chi connectivity index (χ1n) is 7.47. The number of carbonyl (C=O) groups excluding carboxylic acids is 1. The maximum Gasteiger partial charge on any atom is 0.255 e. The van der Waals surface area contributed by atoms with E-state index in [1.165, 1.54) is 0 Å². The van der Waals surface area contributed by atoms with Gasteiger partial charge in [-0.15, -0.1) is 12.6 Å². The van der Waals surface area contributed by atoms with Crippen molar-refractivity contribution in [3.8, 4) is 0 Å². The fourth-order valence-electron chi connectivity index (χ4n) is 2.36. The summed E-state index contributed by atoms with van der Waals surface area (Å²) in [7, 11) is 5.97. The van der Waals surface area contributed by atoms with E-state index in [1.807, 2.05) is 31.3 Å². The molecule has 0 saturated carbocycles. The number of fused-ring (bicyclic) bond motifs is 1. The van der Waals surface area contributed by atoms with E-state index in [2.05, 4.69) is 36.6 Å². The maximum absolute atomic E-state index is 12.5. The fraction of sp³-hybridized carbons (Fsp3) is 0.412. The van der Waals surface area contributed by atoms with Gasteiger partial charge in [0, 0.05) is 30.1 Å². The predicted octanol–water partition coefficient (Wildman–Crippen LogP) is 2.94. The van der Waals surface area contributed by atoms with Gasteiger partial charge in [0.1, 0.15) is 0 Å². The van der Waals surface area contributed by atoms with Crippen LogP contribution in [0.3, 0.4) is 0 Å². The first-order chi connectivity index (χ1) is 10.5. The number of rotatable bonds is 6. The second-order valence-electron chi connectivity index (χ2n) is 5.81. The summed E-state index contributed by atoms with van der Waals surface area (Å²) < 4.78 is 0. The van der Waals surface area contributed by atoms with Gasteiger partial charge in [-0.2, -0.15) is 0 Å². The lowest BCUT2D eigenvalue weighted by molar-refractivity contribution is 0.0792. The Balaban J connectivity index is 2.02. The smallest absolute Gasteiger partial charge is 0.255 e. The lowest BCUT2D eigenvalue weighted by atomic mass is 10.1. The van der Waals surface area contributed by atoms with Crippen molar-refractivity contribution in [2.75, 3.05) is 34.2 Å². The van der Waals surface area contributed by atoms with E-state index in [9.17, 15) is 4.79 Å². The van der Waals surface area contributed by atoms with Crippen LogP contribution in [0.2, 0.25) is 0 Å². The van der Waals surface area contributed by atoms with Crippen LogP contribution in [0, 0.1) is 0 Å². The van der Waals surface area contributed by atoms with Crippen molar-refractivity contribution in [3.63, 3.8) is 0 Å². The minimum absolute atomic E-state index is 0.0174. The highest BCUT2D eigenvalue weighted by molar-refractivity contribution is 7.80. The molecule has 1 aromatic heterocycles. The third-order valence-electron chi connectivity index (χ3n) is 3.63. The van der Waals surface area contributed by atoms with E-state index in [0.717, 1.165) is 41.7 Å². The highest BCUT2D eigenvalue weighted by atomic mass is 32.1. The molecule has 0 fully saturated rings. The van der Waals surface area contributed by atoms with Crippen LogP contribution in [0.5, 0.6) is 0 Å². The van der Waals surface area contributed by atoms with Crippen molar-refractivity contribution < 1.29 is 4.79 Å². The molecule has 1 aromatic carbocycles. The Kier molecular flexibility index (Phi) is 5.80. The highest BCUT2D eigenvalue weighted by Gasteiger charge is 2.13. The molecule has 1 amide bonds. The molecule has 0 radical (unpaired) electrons. The molecule has 0 N–H and O–H groups in total. The zero-order valence-corrected chi connectivity index (χ0v) is 14.3. The van der Waals surface area contributed by atoms with Gasteiger partial charge >= 0.3 is 0 Å². The van der Waals surface area contributed by atoms with Gasteiger partial charge in [-0.1, -0.05) is 12.1 Å². The molecular weight excluding hydrogens is 294 g/mol. The number of thiol groups is 1. The van der Waals surface area contributed by atoms with E-state index < -0.39 is 0 Å². The van der Waals surface area contributed by atoms with Gasteiger partial charge < -0.3 is 9.80 Å². The topological polar surface area (TPSA) is 36.4 Å². The Hall–Kier alpha value is -1.59. The van der Waals surface area contributed by atoms with Gasteiger partial charge in [0.25, 0.3) is 5.91 Å². The Labute approximate surface area is 137 Å². The average molecular weight is 317 g/mol. The van der Waals surface area contributed by atoms with Gasteiger partial charge in [-0.25, -0.2) is 0 Å². The minimum atomic E-state index is 0.0174. The molecule has 2 rings (SSSR count). The molecule has 0 bridgehead atoms. The number of para-hydroxylation sites is 1. The van der Waals surface area contributed by atoms with Crippen molar-refractivity contribution >= 4 is 29.4 Å². The van der Waals surface area contributed by atoms with Gasteiger partial charge in [-0.3, -0.25) is 9.78 Å². The Morgan fingerprint density at radius 1 is 1.18 bits per heavy atom. The van der Waals surface area contributed by atoms with Crippen LogP contribution in [0.25, 0.3) is 10.9 Å². The summed E-state index contributed by atoms with van der Waals surface area (Å²) in [5, 5.41) is 0.944. The molecule has 1 heterocycles. The summed E-state index contributed by atoms with van der Waals surface area (Å²) >= 11 is 4.39. The van der Waals surface area contributed by atoms with Crippen LogP contribution in [0.15, 0.2) is 35.4 Å². The molecule has 0 aliphatic heterocycles. The monoisotopic (exact) mass is 317 g/mol. The van der Waals surface area contributed by atoms with Crippen molar-refractivity contribution in [1.82, 2.24) is 14.8 Å². The van der Waals surface area contributed by atoms with E-state index in [-0.39, 0.29) is 5.91 Å². The summed E-state index contributed by atoms with van der Waals surface area (Å²) in [6.07, 6.45) is 3.73. The maximum atomic E-state index is 12.5. The summed E-state index contributed by atoms with van der Waals surface area (Å²) in [6, 6.07) is 7.67.